The molecule has 2 fully saturated rings. The molecule has 1 heterocycles. The van der Waals surface area contributed by atoms with Crippen LogP contribution in [0.3, 0.4) is 0 Å². The van der Waals surface area contributed by atoms with E-state index in [-0.39, 0.29) is 30.3 Å². The zero-order chi connectivity index (χ0) is 18.5. The van der Waals surface area contributed by atoms with Gasteiger partial charge in [-0.25, -0.2) is 0 Å². The van der Waals surface area contributed by atoms with Gasteiger partial charge in [0.25, 0.3) is 5.91 Å². The van der Waals surface area contributed by atoms with Gasteiger partial charge in [-0.15, -0.1) is 12.4 Å². The van der Waals surface area contributed by atoms with Crippen LogP contribution >= 0.6 is 24.0 Å². The van der Waals surface area contributed by atoms with E-state index in [1.54, 1.807) is 25.3 Å². The van der Waals surface area contributed by atoms with Crippen molar-refractivity contribution in [3.05, 3.63) is 28.8 Å². The predicted molar refractivity (Wildman–Crippen MR) is 109 cm³/mol. The van der Waals surface area contributed by atoms with Crippen molar-refractivity contribution in [2.75, 3.05) is 25.6 Å². The molecule has 0 radical (unpaired) electrons. The summed E-state index contributed by atoms with van der Waals surface area (Å²) in [5.41, 5.74) is 0.982. The van der Waals surface area contributed by atoms with Crippen LogP contribution in [0.15, 0.2) is 18.2 Å². The van der Waals surface area contributed by atoms with Gasteiger partial charge in [-0.3, -0.25) is 9.59 Å². The van der Waals surface area contributed by atoms with Crippen LogP contribution in [-0.2, 0) is 9.53 Å². The Bertz CT molecular complexity index is 658. The van der Waals surface area contributed by atoms with Gasteiger partial charge in [-0.1, -0.05) is 24.4 Å². The largest absolute Gasteiger partial charge is 0.383 e. The molecule has 3 rings (SSSR count). The van der Waals surface area contributed by atoms with Gasteiger partial charge in [-0.2, -0.15) is 0 Å². The summed E-state index contributed by atoms with van der Waals surface area (Å²) >= 11 is 6.22. The third kappa shape index (κ3) is 5.57. The number of carbonyl (C=O) groups excluding carboxylic acids is 2. The predicted octanol–water partition coefficient (Wildman–Crippen LogP) is 3.00. The van der Waals surface area contributed by atoms with E-state index in [1.165, 1.54) is 19.3 Å². The fraction of sp³-hybridized carbons (Fsp3) is 0.579. The molecule has 27 heavy (non-hydrogen) atoms. The van der Waals surface area contributed by atoms with Crippen LogP contribution in [0.4, 0.5) is 5.69 Å². The molecule has 8 heteroatoms. The topological polar surface area (TPSA) is 79.5 Å². The van der Waals surface area contributed by atoms with E-state index in [0.717, 1.165) is 12.8 Å². The minimum atomic E-state index is -0.258. The SMILES string of the molecule is COCCNC(=O)c1ccc(NC(=O)C2CC3CCCCC3N2)cc1Cl.Cl. The van der Waals surface area contributed by atoms with Crippen molar-refractivity contribution in [1.29, 1.82) is 0 Å². The second kappa shape index (κ2) is 10.3. The molecule has 2 aliphatic rings. The van der Waals surface area contributed by atoms with Gasteiger partial charge < -0.3 is 20.7 Å². The molecule has 1 saturated heterocycles. The first-order valence-electron chi connectivity index (χ1n) is 9.22. The fourth-order valence-corrected chi connectivity index (χ4v) is 4.16. The van der Waals surface area contributed by atoms with E-state index in [9.17, 15) is 9.59 Å². The molecule has 2 amide bonds. The molecule has 3 N–H and O–H groups in total. The Kier molecular flexibility index (Phi) is 8.35. The van der Waals surface area contributed by atoms with E-state index in [1.807, 2.05) is 0 Å². The molecule has 1 aromatic rings. The minimum Gasteiger partial charge on any atom is -0.383 e. The summed E-state index contributed by atoms with van der Waals surface area (Å²) in [5.74, 6) is 0.320. The van der Waals surface area contributed by atoms with Gasteiger partial charge in [0.1, 0.15) is 0 Å². The Morgan fingerprint density at radius 1 is 1.30 bits per heavy atom. The number of benzene rings is 1. The van der Waals surface area contributed by atoms with Gasteiger partial charge in [-0.05, 0) is 43.4 Å². The minimum absolute atomic E-state index is 0. The zero-order valence-electron chi connectivity index (χ0n) is 15.4. The van der Waals surface area contributed by atoms with Gasteiger partial charge in [0.15, 0.2) is 0 Å². The molecule has 1 saturated carbocycles. The molecule has 0 aromatic heterocycles. The fourth-order valence-electron chi connectivity index (χ4n) is 3.89. The summed E-state index contributed by atoms with van der Waals surface area (Å²) in [7, 11) is 1.57. The smallest absolute Gasteiger partial charge is 0.252 e. The van der Waals surface area contributed by atoms with Gasteiger partial charge in [0.05, 0.1) is 23.2 Å². The summed E-state index contributed by atoms with van der Waals surface area (Å²) in [6, 6.07) is 5.27. The molecular weight excluding hydrogens is 389 g/mol. The Morgan fingerprint density at radius 2 is 2.07 bits per heavy atom. The highest BCUT2D eigenvalue weighted by Crippen LogP contribution is 2.33. The van der Waals surface area contributed by atoms with E-state index in [2.05, 4.69) is 16.0 Å². The maximum Gasteiger partial charge on any atom is 0.252 e. The lowest BCUT2D eigenvalue weighted by molar-refractivity contribution is -0.117. The van der Waals surface area contributed by atoms with Crippen LogP contribution in [0.2, 0.25) is 5.02 Å². The molecule has 3 atom stereocenters. The van der Waals surface area contributed by atoms with Crippen molar-refractivity contribution in [2.45, 2.75) is 44.2 Å². The van der Waals surface area contributed by atoms with Crippen LogP contribution in [0, 0.1) is 5.92 Å². The molecule has 1 aliphatic carbocycles. The van der Waals surface area contributed by atoms with Crippen molar-refractivity contribution >= 4 is 41.5 Å². The standard InChI is InChI=1S/C19H26ClN3O3.ClH/c1-26-9-8-21-18(24)14-7-6-13(11-15(14)20)22-19(25)17-10-12-4-2-3-5-16(12)23-17;/h6-7,11-12,16-17,23H,2-5,8-10H2,1H3,(H,21,24)(H,22,25);1H. The number of anilines is 1. The number of methoxy groups -OCH3 is 1. The summed E-state index contributed by atoms with van der Waals surface area (Å²) in [4.78, 5) is 24.6. The van der Waals surface area contributed by atoms with Crippen LogP contribution in [0.1, 0.15) is 42.5 Å². The number of nitrogens with one attached hydrogen (secondary N) is 3. The summed E-state index contributed by atoms with van der Waals surface area (Å²) in [6.45, 7) is 0.855. The highest BCUT2D eigenvalue weighted by atomic mass is 35.5. The lowest BCUT2D eigenvalue weighted by Crippen LogP contribution is -2.39. The van der Waals surface area contributed by atoms with Crippen LogP contribution < -0.4 is 16.0 Å². The molecule has 3 unspecified atom stereocenters. The summed E-state index contributed by atoms with van der Waals surface area (Å²) in [6.07, 6.45) is 5.77. The second-order valence-electron chi connectivity index (χ2n) is 7.04. The molecular formula is C19H27Cl2N3O3. The number of hydrogen-bond donors (Lipinski definition) is 3. The Morgan fingerprint density at radius 3 is 2.78 bits per heavy atom. The second-order valence-corrected chi connectivity index (χ2v) is 7.45. The Balaban J connectivity index is 0.00000261. The third-order valence-corrected chi connectivity index (χ3v) is 5.56. The Labute approximate surface area is 171 Å². The maximum atomic E-state index is 12.6. The molecule has 150 valence electrons. The number of rotatable bonds is 6. The van der Waals surface area contributed by atoms with E-state index >= 15 is 0 Å². The van der Waals surface area contributed by atoms with Crippen LogP contribution in [0.25, 0.3) is 0 Å². The normalized spacial score (nSPS) is 23.9. The van der Waals surface area contributed by atoms with Crippen molar-refractivity contribution in [1.82, 2.24) is 10.6 Å². The summed E-state index contributed by atoms with van der Waals surface area (Å²) in [5, 5.41) is 9.42. The number of ether oxygens (including phenoxy) is 1. The quantitative estimate of drug-likeness (QED) is 0.623. The van der Waals surface area contributed by atoms with Crippen LogP contribution in [-0.4, -0.2) is 44.2 Å². The lowest BCUT2D eigenvalue weighted by atomic mass is 9.85. The molecule has 1 aromatic carbocycles. The van der Waals surface area contributed by atoms with E-state index in [0.29, 0.717) is 41.4 Å². The van der Waals surface area contributed by atoms with E-state index in [4.69, 9.17) is 16.3 Å². The van der Waals surface area contributed by atoms with Crippen molar-refractivity contribution < 1.29 is 14.3 Å². The first-order valence-corrected chi connectivity index (χ1v) is 9.60. The molecule has 1 aliphatic heterocycles. The van der Waals surface area contributed by atoms with Crippen molar-refractivity contribution in [3.8, 4) is 0 Å². The average molecular weight is 416 g/mol. The number of halogens is 2. The number of amides is 2. The van der Waals surface area contributed by atoms with E-state index < -0.39 is 0 Å². The molecule has 0 bridgehead atoms. The summed E-state index contributed by atoms with van der Waals surface area (Å²) < 4.78 is 4.90. The van der Waals surface area contributed by atoms with Crippen LogP contribution in [0.5, 0.6) is 0 Å². The lowest BCUT2D eigenvalue weighted by Gasteiger charge is -2.24. The first-order chi connectivity index (χ1) is 12.6. The molecule has 6 nitrogen and oxygen atoms in total. The monoisotopic (exact) mass is 415 g/mol. The third-order valence-electron chi connectivity index (χ3n) is 5.25. The zero-order valence-corrected chi connectivity index (χ0v) is 17.0. The van der Waals surface area contributed by atoms with Gasteiger partial charge >= 0.3 is 0 Å². The highest BCUT2D eigenvalue weighted by Gasteiger charge is 2.38. The highest BCUT2D eigenvalue weighted by molar-refractivity contribution is 6.34. The maximum absolute atomic E-state index is 12.6. The first kappa shape index (κ1) is 22.0. The van der Waals surface area contributed by atoms with Gasteiger partial charge in [0.2, 0.25) is 5.91 Å². The average Bonchev–Trinajstić information content (AvgIpc) is 3.06. The number of carbonyl (C=O) groups is 2. The number of hydrogen-bond acceptors (Lipinski definition) is 4. The molecule has 0 spiro atoms. The number of fused-ring (bicyclic) bond motifs is 1. The van der Waals surface area contributed by atoms with Crippen molar-refractivity contribution in [3.63, 3.8) is 0 Å². The van der Waals surface area contributed by atoms with Gasteiger partial charge in [0, 0.05) is 25.4 Å². The Hall–Kier alpha value is -1.34. The van der Waals surface area contributed by atoms with Crippen molar-refractivity contribution in [2.24, 2.45) is 5.92 Å².